The average molecular weight is 281 g/mol. The van der Waals surface area contributed by atoms with Gasteiger partial charge >= 0.3 is 0 Å². The van der Waals surface area contributed by atoms with E-state index < -0.39 is 0 Å². The highest BCUT2D eigenvalue weighted by atomic mass is 35.5. The van der Waals surface area contributed by atoms with Crippen LogP contribution in [0, 0.1) is 11.8 Å². The Balaban J connectivity index is 1.70. The molecule has 3 nitrogen and oxygen atoms in total. The Morgan fingerprint density at radius 3 is 2.95 bits per heavy atom. The minimum absolute atomic E-state index is 0.654. The number of nitrogens with zero attached hydrogens (tertiary/aromatic N) is 1. The summed E-state index contributed by atoms with van der Waals surface area (Å²) in [5.41, 5.74) is 1.27. The van der Waals surface area contributed by atoms with Crippen molar-refractivity contribution in [1.82, 2.24) is 10.2 Å². The number of nitrogens with one attached hydrogen (secondary N) is 1. The molecule has 0 aromatic heterocycles. The molecule has 0 saturated carbocycles. The fraction of sp³-hybridized carbons (Fsp3) is 0.600. The van der Waals surface area contributed by atoms with Crippen molar-refractivity contribution >= 4 is 11.6 Å². The molecule has 104 valence electrons. The molecule has 0 bridgehead atoms. The quantitative estimate of drug-likeness (QED) is 0.920. The fourth-order valence-electron chi connectivity index (χ4n) is 3.51. The Morgan fingerprint density at radius 1 is 1.42 bits per heavy atom. The number of hydrogen-bond donors (Lipinski definition) is 1. The topological polar surface area (TPSA) is 24.5 Å². The maximum absolute atomic E-state index is 6.19. The van der Waals surface area contributed by atoms with Gasteiger partial charge in [0, 0.05) is 19.1 Å². The number of fused-ring (bicyclic) bond motifs is 1. The normalized spacial score (nSPS) is 30.6. The van der Waals surface area contributed by atoms with Gasteiger partial charge in [-0.25, -0.2) is 0 Å². The zero-order valence-electron chi connectivity index (χ0n) is 11.5. The molecule has 0 spiro atoms. The fourth-order valence-corrected chi connectivity index (χ4v) is 3.79. The van der Waals surface area contributed by atoms with Crippen LogP contribution in [0.5, 0.6) is 5.75 Å². The Morgan fingerprint density at radius 2 is 2.26 bits per heavy atom. The number of hydrogen-bond acceptors (Lipinski definition) is 3. The third kappa shape index (κ3) is 2.47. The van der Waals surface area contributed by atoms with Crippen LogP contribution in [0.1, 0.15) is 12.5 Å². The van der Waals surface area contributed by atoms with Gasteiger partial charge in [0.2, 0.25) is 0 Å². The van der Waals surface area contributed by atoms with Gasteiger partial charge in [0.25, 0.3) is 0 Å². The summed E-state index contributed by atoms with van der Waals surface area (Å²) in [5, 5.41) is 4.20. The van der Waals surface area contributed by atoms with Gasteiger partial charge in [-0.1, -0.05) is 17.7 Å². The van der Waals surface area contributed by atoms with Crippen LogP contribution >= 0.6 is 11.6 Å². The Bertz CT molecular complexity index is 465. The lowest BCUT2D eigenvalue weighted by Gasteiger charge is -2.24. The first-order chi connectivity index (χ1) is 9.19. The van der Waals surface area contributed by atoms with Crippen LogP contribution in [0.2, 0.25) is 5.02 Å². The van der Waals surface area contributed by atoms with Crippen molar-refractivity contribution in [2.24, 2.45) is 11.8 Å². The van der Waals surface area contributed by atoms with Crippen LogP contribution < -0.4 is 10.1 Å². The smallest absolute Gasteiger partial charge is 0.137 e. The van der Waals surface area contributed by atoms with E-state index in [1.165, 1.54) is 25.2 Å². The van der Waals surface area contributed by atoms with E-state index in [1.807, 2.05) is 12.1 Å². The van der Waals surface area contributed by atoms with Crippen LogP contribution in [0.25, 0.3) is 0 Å². The molecule has 2 heterocycles. The first-order valence-electron chi connectivity index (χ1n) is 6.96. The first-order valence-corrected chi connectivity index (χ1v) is 7.34. The highest BCUT2D eigenvalue weighted by molar-refractivity contribution is 6.32. The zero-order chi connectivity index (χ0) is 13.4. The molecule has 4 heteroatoms. The molecule has 2 aliphatic rings. The molecule has 1 N–H and O–H groups in total. The summed E-state index contributed by atoms with van der Waals surface area (Å²) >= 11 is 6.19. The minimum Gasteiger partial charge on any atom is -0.495 e. The molecule has 2 fully saturated rings. The summed E-state index contributed by atoms with van der Waals surface area (Å²) in [6.45, 7) is 6.88. The second kappa shape index (κ2) is 5.31. The molecule has 3 rings (SSSR count). The third-order valence-corrected chi connectivity index (χ3v) is 4.95. The summed E-state index contributed by atoms with van der Waals surface area (Å²) in [7, 11) is 1.65. The summed E-state index contributed by atoms with van der Waals surface area (Å²) in [6.07, 6.45) is 0. The van der Waals surface area contributed by atoms with E-state index in [0.29, 0.717) is 11.1 Å². The van der Waals surface area contributed by atoms with Gasteiger partial charge in [0.1, 0.15) is 5.75 Å². The van der Waals surface area contributed by atoms with E-state index in [-0.39, 0.29) is 0 Å². The standard InChI is InChI=1S/C15H21ClN2O/c1-10-13-7-17-6-12(13)9-18(10)8-11-3-4-15(19-2)14(16)5-11/h3-5,10,12-13,17H,6-9H2,1-2H3. The van der Waals surface area contributed by atoms with Gasteiger partial charge in [0.15, 0.2) is 0 Å². The largest absolute Gasteiger partial charge is 0.495 e. The highest BCUT2D eigenvalue weighted by Crippen LogP contribution is 2.34. The Labute approximate surface area is 119 Å². The molecule has 1 aromatic rings. The second-order valence-corrected chi connectivity index (χ2v) is 6.13. The molecule has 0 amide bonds. The lowest BCUT2D eigenvalue weighted by Crippen LogP contribution is -2.32. The molecular formula is C15H21ClN2O. The highest BCUT2D eigenvalue weighted by Gasteiger charge is 2.41. The number of rotatable bonds is 3. The zero-order valence-corrected chi connectivity index (χ0v) is 12.3. The number of benzene rings is 1. The Hall–Kier alpha value is -0.770. The summed E-state index contributed by atoms with van der Waals surface area (Å²) in [4.78, 5) is 2.58. The average Bonchev–Trinajstić information content (AvgIpc) is 2.95. The van der Waals surface area contributed by atoms with Crippen molar-refractivity contribution in [3.8, 4) is 5.75 Å². The monoisotopic (exact) mass is 280 g/mol. The molecule has 2 aliphatic heterocycles. The van der Waals surface area contributed by atoms with Crippen molar-refractivity contribution in [2.45, 2.75) is 19.5 Å². The lowest BCUT2D eigenvalue weighted by atomic mass is 9.95. The van der Waals surface area contributed by atoms with Crippen LogP contribution in [-0.4, -0.2) is 37.7 Å². The van der Waals surface area contributed by atoms with E-state index in [2.05, 4.69) is 23.2 Å². The van der Waals surface area contributed by atoms with Crippen molar-refractivity contribution in [3.05, 3.63) is 28.8 Å². The van der Waals surface area contributed by atoms with Gasteiger partial charge in [-0.3, -0.25) is 4.90 Å². The van der Waals surface area contributed by atoms with Crippen molar-refractivity contribution < 1.29 is 4.74 Å². The van der Waals surface area contributed by atoms with E-state index in [0.717, 1.165) is 24.1 Å². The molecule has 2 saturated heterocycles. The van der Waals surface area contributed by atoms with Gasteiger partial charge in [-0.05, 0) is 49.5 Å². The van der Waals surface area contributed by atoms with E-state index >= 15 is 0 Å². The van der Waals surface area contributed by atoms with Crippen LogP contribution in [0.15, 0.2) is 18.2 Å². The van der Waals surface area contributed by atoms with Crippen molar-refractivity contribution in [1.29, 1.82) is 0 Å². The van der Waals surface area contributed by atoms with Crippen molar-refractivity contribution in [3.63, 3.8) is 0 Å². The Kier molecular flexibility index (Phi) is 3.70. The number of methoxy groups -OCH3 is 1. The van der Waals surface area contributed by atoms with E-state index in [4.69, 9.17) is 16.3 Å². The predicted octanol–water partition coefficient (Wildman–Crippen LogP) is 2.39. The number of halogens is 1. The minimum atomic E-state index is 0.654. The van der Waals surface area contributed by atoms with Crippen molar-refractivity contribution in [2.75, 3.05) is 26.7 Å². The molecule has 19 heavy (non-hydrogen) atoms. The van der Waals surface area contributed by atoms with E-state index in [9.17, 15) is 0 Å². The lowest BCUT2D eigenvalue weighted by molar-refractivity contribution is 0.231. The molecule has 1 aromatic carbocycles. The summed E-state index contributed by atoms with van der Waals surface area (Å²) in [5.74, 6) is 2.39. The third-order valence-electron chi connectivity index (χ3n) is 4.66. The molecule has 3 atom stereocenters. The maximum atomic E-state index is 6.19. The maximum Gasteiger partial charge on any atom is 0.137 e. The second-order valence-electron chi connectivity index (χ2n) is 5.72. The molecule has 0 radical (unpaired) electrons. The van der Waals surface area contributed by atoms with E-state index in [1.54, 1.807) is 7.11 Å². The van der Waals surface area contributed by atoms with Crippen LogP contribution in [0.3, 0.4) is 0 Å². The van der Waals surface area contributed by atoms with Gasteiger partial charge < -0.3 is 10.1 Å². The van der Waals surface area contributed by atoms with Crippen LogP contribution in [-0.2, 0) is 6.54 Å². The first kappa shape index (κ1) is 13.2. The number of ether oxygens (including phenoxy) is 1. The van der Waals surface area contributed by atoms with Gasteiger partial charge in [0.05, 0.1) is 12.1 Å². The molecule has 3 unspecified atom stereocenters. The predicted molar refractivity (Wildman–Crippen MR) is 77.7 cm³/mol. The SMILES string of the molecule is COc1ccc(CN2CC3CNCC3C2C)cc1Cl. The summed E-state index contributed by atoms with van der Waals surface area (Å²) in [6, 6.07) is 6.75. The number of likely N-dealkylation sites (tertiary alicyclic amines) is 1. The summed E-state index contributed by atoms with van der Waals surface area (Å²) < 4.78 is 5.20. The molecular weight excluding hydrogens is 260 g/mol. The van der Waals surface area contributed by atoms with Crippen LogP contribution in [0.4, 0.5) is 0 Å². The van der Waals surface area contributed by atoms with Gasteiger partial charge in [-0.15, -0.1) is 0 Å². The molecule has 0 aliphatic carbocycles. The van der Waals surface area contributed by atoms with Gasteiger partial charge in [-0.2, -0.15) is 0 Å².